The number of hydrogen-bond acceptors (Lipinski definition) is 2. The minimum Gasteiger partial charge on any atom is -0.395 e. The summed E-state index contributed by atoms with van der Waals surface area (Å²) in [4.78, 5) is 14.7. The predicted molar refractivity (Wildman–Crippen MR) is 88.8 cm³/mol. The van der Waals surface area contributed by atoms with Crippen LogP contribution in [0.25, 0.3) is 0 Å². The van der Waals surface area contributed by atoms with E-state index in [0.29, 0.717) is 12.1 Å². The highest BCUT2D eigenvalue weighted by Gasteiger charge is 2.33. The Labute approximate surface area is 132 Å². The third-order valence-electron chi connectivity index (χ3n) is 4.10. The van der Waals surface area contributed by atoms with Gasteiger partial charge in [0.25, 0.3) is 5.91 Å². The number of carbonyl (C=O) groups is 1. The van der Waals surface area contributed by atoms with Crippen LogP contribution in [0.2, 0.25) is 0 Å². The van der Waals surface area contributed by atoms with Crippen molar-refractivity contribution in [2.24, 2.45) is 0 Å². The average molecular weight is 297 g/mol. The van der Waals surface area contributed by atoms with Gasteiger partial charge in [-0.25, -0.2) is 0 Å². The molecule has 0 spiro atoms. The van der Waals surface area contributed by atoms with E-state index in [9.17, 15) is 9.90 Å². The Bertz CT molecular complexity index is 635. The molecular formula is C19H23NO2. The van der Waals surface area contributed by atoms with Gasteiger partial charge in [0.1, 0.15) is 0 Å². The highest BCUT2D eigenvalue weighted by Crippen LogP contribution is 2.29. The van der Waals surface area contributed by atoms with Crippen molar-refractivity contribution >= 4 is 5.91 Å². The van der Waals surface area contributed by atoms with Crippen molar-refractivity contribution in [3.05, 3.63) is 71.3 Å². The van der Waals surface area contributed by atoms with Gasteiger partial charge in [-0.1, -0.05) is 48.5 Å². The van der Waals surface area contributed by atoms with Crippen molar-refractivity contribution in [2.45, 2.75) is 26.3 Å². The number of amides is 1. The lowest BCUT2D eigenvalue weighted by Gasteiger charge is -2.39. The van der Waals surface area contributed by atoms with Crippen molar-refractivity contribution in [2.75, 3.05) is 13.2 Å². The summed E-state index contributed by atoms with van der Waals surface area (Å²) in [5.74, 6) is -0.0546. The Hall–Kier alpha value is -2.13. The minimum atomic E-state index is -0.497. The fourth-order valence-electron chi connectivity index (χ4n) is 2.70. The molecule has 22 heavy (non-hydrogen) atoms. The summed E-state index contributed by atoms with van der Waals surface area (Å²) in [6.07, 6.45) is 0. The highest BCUT2D eigenvalue weighted by atomic mass is 16.3. The molecule has 2 aromatic rings. The maximum atomic E-state index is 13.0. The van der Waals surface area contributed by atoms with Crippen LogP contribution >= 0.6 is 0 Å². The van der Waals surface area contributed by atoms with Crippen LogP contribution in [-0.4, -0.2) is 29.1 Å². The first-order chi connectivity index (χ1) is 10.5. The quantitative estimate of drug-likeness (QED) is 0.919. The van der Waals surface area contributed by atoms with E-state index in [-0.39, 0.29) is 12.5 Å². The fourth-order valence-corrected chi connectivity index (χ4v) is 2.70. The molecule has 0 saturated carbocycles. The normalized spacial score (nSPS) is 11.3. The molecule has 0 aliphatic rings. The van der Waals surface area contributed by atoms with E-state index in [0.717, 1.165) is 11.1 Å². The molecule has 0 aliphatic heterocycles. The molecule has 0 aliphatic carbocycles. The lowest BCUT2D eigenvalue weighted by molar-refractivity contribution is 0.0480. The summed E-state index contributed by atoms with van der Waals surface area (Å²) in [6, 6.07) is 17.5. The Balaban J connectivity index is 2.42. The van der Waals surface area contributed by atoms with Gasteiger partial charge in [0, 0.05) is 12.1 Å². The first-order valence-corrected chi connectivity index (χ1v) is 7.52. The molecule has 0 unspecified atom stereocenters. The van der Waals surface area contributed by atoms with Crippen molar-refractivity contribution in [3.8, 4) is 0 Å². The smallest absolute Gasteiger partial charge is 0.254 e. The number of benzene rings is 2. The van der Waals surface area contributed by atoms with Crippen LogP contribution in [0.15, 0.2) is 54.6 Å². The Morgan fingerprint density at radius 2 is 1.64 bits per heavy atom. The van der Waals surface area contributed by atoms with Crippen LogP contribution in [0, 0.1) is 6.92 Å². The molecular weight excluding hydrogens is 274 g/mol. The van der Waals surface area contributed by atoms with Crippen molar-refractivity contribution in [3.63, 3.8) is 0 Å². The summed E-state index contributed by atoms with van der Waals surface area (Å²) in [7, 11) is 0. The third-order valence-corrected chi connectivity index (χ3v) is 4.10. The molecule has 0 fully saturated rings. The van der Waals surface area contributed by atoms with E-state index < -0.39 is 5.54 Å². The van der Waals surface area contributed by atoms with Gasteiger partial charge in [-0.15, -0.1) is 0 Å². The molecule has 2 rings (SSSR count). The van der Waals surface area contributed by atoms with E-state index >= 15 is 0 Å². The molecule has 0 aromatic heterocycles. The number of rotatable bonds is 5. The van der Waals surface area contributed by atoms with Crippen LogP contribution < -0.4 is 0 Å². The average Bonchev–Trinajstić information content (AvgIpc) is 2.53. The van der Waals surface area contributed by atoms with Gasteiger partial charge in [0.2, 0.25) is 0 Å². The largest absolute Gasteiger partial charge is 0.395 e. The number of carbonyl (C=O) groups excluding carboxylic acids is 1. The Kier molecular flexibility index (Phi) is 4.99. The number of aliphatic hydroxyl groups excluding tert-OH is 1. The van der Waals surface area contributed by atoms with Crippen LogP contribution in [0.1, 0.15) is 35.3 Å². The maximum absolute atomic E-state index is 13.0. The Morgan fingerprint density at radius 1 is 1.05 bits per heavy atom. The molecule has 0 bridgehead atoms. The number of hydrogen-bond donors (Lipinski definition) is 1. The predicted octanol–water partition coefficient (Wildman–Crippen LogP) is 3.36. The summed E-state index contributed by atoms with van der Waals surface area (Å²) in [5, 5.41) is 9.42. The third kappa shape index (κ3) is 3.20. The molecule has 0 atom stereocenters. The Morgan fingerprint density at radius 3 is 2.23 bits per heavy atom. The topological polar surface area (TPSA) is 40.5 Å². The number of aryl methyl sites for hydroxylation is 1. The highest BCUT2D eigenvalue weighted by molar-refractivity contribution is 5.96. The van der Waals surface area contributed by atoms with E-state index in [2.05, 4.69) is 0 Å². The fraction of sp³-hybridized carbons (Fsp3) is 0.316. The molecule has 3 nitrogen and oxygen atoms in total. The van der Waals surface area contributed by atoms with Gasteiger partial charge >= 0.3 is 0 Å². The van der Waals surface area contributed by atoms with Gasteiger partial charge in [-0.05, 0) is 38.0 Å². The lowest BCUT2D eigenvalue weighted by Crippen LogP contribution is -2.47. The first-order valence-electron chi connectivity index (χ1n) is 7.52. The van der Waals surface area contributed by atoms with Gasteiger partial charge in [0.05, 0.1) is 12.1 Å². The summed E-state index contributed by atoms with van der Waals surface area (Å²) in [6.45, 7) is 6.19. The van der Waals surface area contributed by atoms with E-state index in [1.54, 1.807) is 4.90 Å². The van der Waals surface area contributed by atoms with Crippen molar-refractivity contribution in [1.29, 1.82) is 0 Å². The van der Waals surface area contributed by atoms with Gasteiger partial charge in [0.15, 0.2) is 0 Å². The zero-order chi connectivity index (χ0) is 16.2. The zero-order valence-corrected chi connectivity index (χ0v) is 13.4. The monoisotopic (exact) mass is 297 g/mol. The van der Waals surface area contributed by atoms with Crippen LogP contribution in [0.5, 0.6) is 0 Å². The minimum absolute atomic E-state index is 0.0546. The molecule has 3 heteroatoms. The summed E-state index contributed by atoms with van der Waals surface area (Å²) >= 11 is 0. The maximum Gasteiger partial charge on any atom is 0.254 e. The van der Waals surface area contributed by atoms with Gasteiger partial charge < -0.3 is 10.0 Å². The second-order valence-electron chi connectivity index (χ2n) is 5.92. The lowest BCUT2D eigenvalue weighted by atomic mass is 9.91. The van der Waals surface area contributed by atoms with Crippen molar-refractivity contribution in [1.82, 2.24) is 4.90 Å². The summed E-state index contributed by atoms with van der Waals surface area (Å²) in [5.41, 5.74) is 2.17. The van der Waals surface area contributed by atoms with Crippen LogP contribution in [0.3, 0.4) is 0 Å². The first kappa shape index (κ1) is 16.2. The van der Waals surface area contributed by atoms with Crippen LogP contribution in [0.4, 0.5) is 0 Å². The van der Waals surface area contributed by atoms with Gasteiger partial charge in [-0.3, -0.25) is 4.79 Å². The molecule has 1 amide bonds. The second-order valence-corrected chi connectivity index (χ2v) is 5.92. The summed E-state index contributed by atoms with van der Waals surface area (Å²) < 4.78 is 0. The van der Waals surface area contributed by atoms with E-state index in [1.165, 1.54) is 0 Å². The molecule has 1 N–H and O–H groups in total. The number of nitrogens with zero attached hydrogens (tertiary/aromatic N) is 1. The van der Waals surface area contributed by atoms with Crippen LogP contribution in [-0.2, 0) is 5.54 Å². The van der Waals surface area contributed by atoms with Crippen molar-refractivity contribution < 1.29 is 9.90 Å². The molecule has 2 aromatic carbocycles. The molecule has 116 valence electrons. The second kappa shape index (κ2) is 6.75. The van der Waals surface area contributed by atoms with E-state index in [4.69, 9.17) is 0 Å². The SMILES string of the molecule is Cc1ccccc1C(=O)N(CCO)C(C)(C)c1ccccc1. The standard InChI is InChI=1S/C19H23NO2/c1-15-9-7-8-12-17(15)18(22)20(13-14-21)19(2,3)16-10-5-4-6-11-16/h4-12,21H,13-14H2,1-3H3. The molecule has 0 radical (unpaired) electrons. The van der Waals surface area contributed by atoms with E-state index in [1.807, 2.05) is 75.4 Å². The molecule has 0 saturated heterocycles. The zero-order valence-electron chi connectivity index (χ0n) is 13.4. The number of aliphatic hydroxyl groups is 1. The molecule has 0 heterocycles. The van der Waals surface area contributed by atoms with Gasteiger partial charge in [-0.2, -0.15) is 0 Å².